The molecule has 1 saturated heterocycles. The smallest absolute Gasteiger partial charge is 0.257 e. The molecule has 1 aromatic carbocycles. The minimum absolute atomic E-state index is 0.0306. The number of aryl methyl sites for hydroxylation is 1. The van der Waals surface area contributed by atoms with Crippen LogP contribution >= 0.6 is 0 Å². The molecule has 1 unspecified atom stereocenters. The molecular formula is C23H29FN4O3. The first-order valence-electron chi connectivity index (χ1n) is 11.0. The average Bonchev–Trinajstić information content (AvgIpc) is 2.76. The number of oxime groups is 1. The molecule has 0 aliphatic carbocycles. The molecule has 166 valence electrons. The van der Waals surface area contributed by atoms with E-state index in [4.69, 9.17) is 0 Å². The maximum atomic E-state index is 13.6. The Kier molecular flexibility index (Phi) is 6.48. The third kappa shape index (κ3) is 4.55. The van der Waals surface area contributed by atoms with Crippen LogP contribution in [0.1, 0.15) is 54.4 Å². The Hall–Kier alpha value is -2.58. The molecule has 1 fully saturated rings. The summed E-state index contributed by atoms with van der Waals surface area (Å²) in [6.45, 7) is 4.83. The Bertz CT molecular complexity index is 1030. The van der Waals surface area contributed by atoms with Gasteiger partial charge in [-0.2, -0.15) is 0 Å². The van der Waals surface area contributed by atoms with Crippen molar-refractivity contribution in [2.45, 2.75) is 51.7 Å². The van der Waals surface area contributed by atoms with Crippen LogP contribution in [0, 0.1) is 18.7 Å². The quantitative estimate of drug-likeness (QED) is 0.434. The van der Waals surface area contributed by atoms with Crippen LogP contribution in [0.25, 0.3) is 0 Å². The first-order chi connectivity index (χ1) is 15.0. The van der Waals surface area contributed by atoms with Crippen molar-refractivity contribution in [3.8, 4) is 0 Å². The topological polar surface area (TPSA) is 91.0 Å². The van der Waals surface area contributed by atoms with Crippen molar-refractivity contribution in [2.24, 2.45) is 11.1 Å². The summed E-state index contributed by atoms with van der Waals surface area (Å²) < 4.78 is 15.2. The van der Waals surface area contributed by atoms with Crippen molar-refractivity contribution in [1.29, 1.82) is 0 Å². The summed E-state index contributed by atoms with van der Waals surface area (Å²) in [6.07, 6.45) is 3.00. The fraction of sp³-hybridized carbons (Fsp3) is 0.522. The zero-order chi connectivity index (χ0) is 22.0. The van der Waals surface area contributed by atoms with Gasteiger partial charge in [-0.25, -0.2) is 9.37 Å². The summed E-state index contributed by atoms with van der Waals surface area (Å²) in [5.41, 5.74) is 2.54. The highest BCUT2D eigenvalue weighted by molar-refractivity contribution is 6.01. The number of rotatable bonds is 5. The summed E-state index contributed by atoms with van der Waals surface area (Å²) in [5, 5.41) is 23.1. The lowest BCUT2D eigenvalue weighted by Gasteiger charge is -2.32. The highest BCUT2D eigenvalue weighted by Crippen LogP contribution is 2.24. The molecule has 2 aliphatic rings. The van der Waals surface area contributed by atoms with Crippen LogP contribution in [0.4, 0.5) is 4.39 Å². The van der Waals surface area contributed by atoms with Gasteiger partial charge in [-0.15, -0.1) is 0 Å². The van der Waals surface area contributed by atoms with E-state index in [9.17, 15) is 19.5 Å². The maximum absolute atomic E-state index is 13.6. The Morgan fingerprint density at radius 3 is 2.74 bits per heavy atom. The number of aliphatic hydroxyl groups excluding tert-OH is 1. The van der Waals surface area contributed by atoms with E-state index in [1.54, 1.807) is 16.7 Å². The molecular weight excluding hydrogens is 399 g/mol. The number of aliphatic hydroxyl groups is 1. The van der Waals surface area contributed by atoms with Gasteiger partial charge in [0.25, 0.3) is 5.56 Å². The highest BCUT2D eigenvalue weighted by Gasteiger charge is 2.26. The zero-order valence-electron chi connectivity index (χ0n) is 17.8. The van der Waals surface area contributed by atoms with Gasteiger partial charge >= 0.3 is 0 Å². The van der Waals surface area contributed by atoms with Gasteiger partial charge in [0.2, 0.25) is 0 Å². The maximum Gasteiger partial charge on any atom is 0.257 e. The molecule has 0 amide bonds. The van der Waals surface area contributed by atoms with Crippen molar-refractivity contribution >= 4 is 5.71 Å². The second-order valence-corrected chi connectivity index (χ2v) is 8.51. The molecule has 4 rings (SSSR count). The van der Waals surface area contributed by atoms with Gasteiger partial charge in [-0.3, -0.25) is 9.36 Å². The first-order valence-corrected chi connectivity index (χ1v) is 11.0. The van der Waals surface area contributed by atoms with Crippen LogP contribution in [0.3, 0.4) is 0 Å². The second kappa shape index (κ2) is 9.28. The molecule has 1 aromatic heterocycles. The molecule has 2 aromatic rings. The predicted molar refractivity (Wildman–Crippen MR) is 115 cm³/mol. The largest absolute Gasteiger partial charge is 0.411 e. The number of nitrogens with zero attached hydrogens (tertiary/aromatic N) is 4. The van der Waals surface area contributed by atoms with Crippen molar-refractivity contribution in [1.82, 2.24) is 14.5 Å². The van der Waals surface area contributed by atoms with Crippen LogP contribution in [-0.4, -0.2) is 50.1 Å². The average molecular weight is 429 g/mol. The van der Waals surface area contributed by atoms with Gasteiger partial charge in [0.15, 0.2) is 0 Å². The number of halogens is 1. The minimum Gasteiger partial charge on any atom is -0.411 e. The molecule has 0 bridgehead atoms. The van der Waals surface area contributed by atoms with Crippen molar-refractivity contribution in [3.63, 3.8) is 0 Å². The second-order valence-electron chi connectivity index (χ2n) is 8.51. The molecule has 3 heterocycles. The summed E-state index contributed by atoms with van der Waals surface area (Å²) >= 11 is 0. The molecule has 7 nitrogen and oxygen atoms in total. The fourth-order valence-electron chi connectivity index (χ4n) is 4.77. The van der Waals surface area contributed by atoms with Gasteiger partial charge in [0.1, 0.15) is 17.7 Å². The number of benzene rings is 1. The molecule has 8 heteroatoms. The molecule has 0 saturated carbocycles. The van der Waals surface area contributed by atoms with Gasteiger partial charge in [0.05, 0.1) is 5.71 Å². The lowest BCUT2D eigenvalue weighted by Crippen LogP contribution is -2.39. The van der Waals surface area contributed by atoms with Gasteiger partial charge in [-0.05, 0) is 64.3 Å². The van der Waals surface area contributed by atoms with E-state index >= 15 is 0 Å². The molecule has 2 N–H and O–H groups in total. The Labute approximate surface area is 180 Å². The van der Waals surface area contributed by atoms with Crippen LogP contribution < -0.4 is 5.56 Å². The van der Waals surface area contributed by atoms with Crippen LogP contribution in [0.5, 0.6) is 0 Å². The van der Waals surface area contributed by atoms with Crippen LogP contribution in [0.2, 0.25) is 0 Å². The zero-order valence-corrected chi connectivity index (χ0v) is 17.8. The van der Waals surface area contributed by atoms with E-state index in [1.165, 1.54) is 12.1 Å². The Morgan fingerprint density at radius 1 is 1.26 bits per heavy atom. The molecule has 0 radical (unpaired) electrons. The number of aromatic nitrogens is 2. The van der Waals surface area contributed by atoms with Crippen LogP contribution in [0.15, 0.2) is 34.2 Å². The predicted octanol–water partition coefficient (Wildman–Crippen LogP) is 2.65. The minimum atomic E-state index is -0.659. The van der Waals surface area contributed by atoms with E-state index < -0.39 is 6.10 Å². The molecule has 31 heavy (non-hydrogen) atoms. The lowest BCUT2D eigenvalue weighted by atomic mass is 9.88. The van der Waals surface area contributed by atoms with Crippen molar-refractivity contribution in [3.05, 3.63) is 63.1 Å². The highest BCUT2D eigenvalue weighted by atomic mass is 19.1. The van der Waals surface area contributed by atoms with Crippen molar-refractivity contribution < 1.29 is 14.7 Å². The molecule has 0 spiro atoms. The first kappa shape index (κ1) is 21.6. The number of hydrogen-bond acceptors (Lipinski definition) is 6. The SMILES string of the molecule is Cc1nc2n(c(=O)c1CCN1CCC(/C(=N/O)c3cccc(F)c3)CC1)CCCC2O. The normalized spacial score (nSPS) is 20.6. The van der Waals surface area contributed by atoms with Gasteiger partial charge in [0, 0.05) is 35.8 Å². The van der Waals surface area contributed by atoms with Crippen molar-refractivity contribution in [2.75, 3.05) is 19.6 Å². The summed E-state index contributed by atoms with van der Waals surface area (Å²) in [4.78, 5) is 19.8. The third-order valence-corrected chi connectivity index (χ3v) is 6.54. The summed E-state index contributed by atoms with van der Waals surface area (Å²) in [7, 11) is 0. The Balaban J connectivity index is 1.38. The number of hydrogen-bond donors (Lipinski definition) is 2. The summed E-state index contributed by atoms with van der Waals surface area (Å²) in [6, 6.07) is 6.16. The van der Waals surface area contributed by atoms with E-state index in [2.05, 4.69) is 15.0 Å². The molecule has 2 aliphatic heterocycles. The lowest BCUT2D eigenvalue weighted by molar-refractivity contribution is 0.129. The number of likely N-dealkylation sites (tertiary alicyclic amines) is 1. The van der Waals surface area contributed by atoms with E-state index in [0.717, 1.165) is 44.5 Å². The number of fused-ring (bicyclic) bond motifs is 1. The van der Waals surface area contributed by atoms with Gasteiger partial charge in [-0.1, -0.05) is 17.3 Å². The Morgan fingerprint density at radius 2 is 2.03 bits per heavy atom. The van der Waals surface area contributed by atoms with E-state index in [1.807, 2.05) is 6.92 Å². The fourth-order valence-corrected chi connectivity index (χ4v) is 4.77. The van der Waals surface area contributed by atoms with Gasteiger partial charge < -0.3 is 15.2 Å². The third-order valence-electron chi connectivity index (χ3n) is 6.54. The van der Waals surface area contributed by atoms with Crippen LogP contribution in [-0.2, 0) is 13.0 Å². The summed E-state index contributed by atoms with van der Waals surface area (Å²) in [5.74, 6) is 0.220. The number of piperidine rings is 1. The molecule has 1 atom stereocenters. The van der Waals surface area contributed by atoms with E-state index in [0.29, 0.717) is 42.2 Å². The monoisotopic (exact) mass is 428 g/mol. The van der Waals surface area contributed by atoms with E-state index in [-0.39, 0.29) is 17.3 Å². The standard InChI is InChI=1S/C23H29FN4O3/c1-15-19(23(30)28-10-3-6-20(29)22(28)25-15)9-13-27-11-7-16(8-12-27)21(26-31)17-4-2-5-18(24)14-17/h2,4-5,14,16,20,29,31H,3,6-13H2,1H3/b26-21-.